The first kappa shape index (κ1) is 19.5. The molecule has 3 aromatic heterocycles. The van der Waals surface area contributed by atoms with Gasteiger partial charge in [0.2, 0.25) is 5.88 Å². The van der Waals surface area contributed by atoms with Crippen LogP contribution in [0.15, 0.2) is 48.8 Å². The summed E-state index contributed by atoms with van der Waals surface area (Å²) in [6.45, 7) is 0.384. The molecule has 10 nitrogen and oxygen atoms in total. The first-order valence-electron chi connectivity index (χ1n) is 9.22. The highest BCUT2D eigenvalue weighted by Crippen LogP contribution is 2.24. The summed E-state index contributed by atoms with van der Waals surface area (Å²) in [7, 11) is 1.52. The quantitative estimate of drug-likeness (QED) is 0.669. The van der Waals surface area contributed by atoms with Gasteiger partial charge in [-0.25, -0.2) is 14.5 Å². The zero-order chi connectivity index (χ0) is 21.1. The number of hydrogen-bond acceptors (Lipinski definition) is 7. The number of hydrogen-bond donors (Lipinski definition) is 1. The summed E-state index contributed by atoms with van der Waals surface area (Å²) in [6, 6.07) is 9.40. The van der Waals surface area contributed by atoms with Gasteiger partial charge in [-0.1, -0.05) is 6.07 Å². The number of aliphatic carboxylic acids is 1. The fraction of sp³-hybridized carbons (Fsp3) is 0.250. The molecule has 1 N–H and O–H groups in total. The van der Waals surface area contributed by atoms with Crippen molar-refractivity contribution in [3.05, 3.63) is 54.5 Å². The lowest BCUT2D eigenvalue weighted by atomic mass is 10.2. The van der Waals surface area contributed by atoms with Gasteiger partial charge < -0.3 is 19.5 Å². The molecule has 0 radical (unpaired) electrons. The molecule has 1 saturated heterocycles. The summed E-state index contributed by atoms with van der Waals surface area (Å²) >= 11 is 0. The molecule has 10 heteroatoms. The van der Waals surface area contributed by atoms with E-state index in [2.05, 4.69) is 15.1 Å². The Kier molecular flexibility index (Phi) is 5.40. The Balaban J connectivity index is 1.76. The Hall–Kier alpha value is -3.79. The second kappa shape index (κ2) is 8.29. The van der Waals surface area contributed by atoms with Gasteiger partial charge in [-0.05, 0) is 24.3 Å². The topological polar surface area (TPSA) is 120 Å². The lowest BCUT2D eigenvalue weighted by Gasteiger charge is -2.32. The molecule has 30 heavy (non-hydrogen) atoms. The van der Waals surface area contributed by atoms with Crippen LogP contribution in [0.1, 0.15) is 10.5 Å². The van der Waals surface area contributed by atoms with Crippen molar-refractivity contribution in [2.75, 3.05) is 26.9 Å². The molecule has 0 aromatic carbocycles. The van der Waals surface area contributed by atoms with E-state index in [4.69, 9.17) is 9.47 Å². The largest absolute Gasteiger partial charge is 0.481 e. The van der Waals surface area contributed by atoms with Crippen LogP contribution >= 0.6 is 0 Å². The van der Waals surface area contributed by atoms with Gasteiger partial charge in [0.05, 0.1) is 43.6 Å². The van der Waals surface area contributed by atoms with Crippen molar-refractivity contribution in [2.24, 2.45) is 0 Å². The number of carbonyl (C=O) groups excluding carboxylic acids is 1. The van der Waals surface area contributed by atoms with Crippen LogP contribution in [0.2, 0.25) is 0 Å². The molecule has 0 aliphatic carbocycles. The van der Waals surface area contributed by atoms with E-state index < -0.39 is 17.9 Å². The van der Waals surface area contributed by atoms with Gasteiger partial charge in [0.25, 0.3) is 5.91 Å². The maximum absolute atomic E-state index is 13.1. The standard InChI is InChI=1S/C20H19N5O5/c1-29-18-6-5-13(11-22-18)25-16(14-4-2-3-7-21-14)10-15(23-25)19(26)24-8-9-30-12-17(24)20(27)28/h2-7,10-11,17H,8-9,12H2,1H3,(H,27,28)/t17-/m0/s1. The van der Waals surface area contributed by atoms with E-state index >= 15 is 0 Å². The van der Waals surface area contributed by atoms with Gasteiger partial charge in [-0.2, -0.15) is 5.10 Å². The summed E-state index contributed by atoms with van der Waals surface area (Å²) in [5.74, 6) is -1.16. The van der Waals surface area contributed by atoms with Crippen molar-refractivity contribution < 1.29 is 24.2 Å². The Morgan fingerprint density at radius 1 is 1.23 bits per heavy atom. The first-order valence-corrected chi connectivity index (χ1v) is 9.22. The summed E-state index contributed by atoms with van der Waals surface area (Å²) in [5.41, 5.74) is 1.90. The van der Waals surface area contributed by atoms with Crippen LogP contribution in [0.5, 0.6) is 5.88 Å². The number of rotatable bonds is 5. The fourth-order valence-electron chi connectivity index (χ4n) is 3.20. The van der Waals surface area contributed by atoms with Crippen LogP contribution in [0.4, 0.5) is 0 Å². The number of ether oxygens (including phenoxy) is 2. The number of carbonyl (C=O) groups is 2. The summed E-state index contributed by atoms with van der Waals surface area (Å²) in [4.78, 5) is 34.5. The van der Waals surface area contributed by atoms with E-state index in [1.165, 1.54) is 12.0 Å². The van der Waals surface area contributed by atoms with Crippen molar-refractivity contribution in [1.29, 1.82) is 0 Å². The third kappa shape index (κ3) is 3.72. The zero-order valence-electron chi connectivity index (χ0n) is 16.1. The Morgan fingerprint density at radius 3 is 2.77 bits per heavy atom. The van der Waals surface area contributed by atoms with Gasteiger partial charge in [-0.15, -0.1) is 0 Å². The summed E-state index contributed by atoms with van der Waals surface area (Å²) < 4.78 is 11.9. The summed E-state index contributed by atoms with van der Waals surface area (Å²) in [5, 5.41) is 13.9. The molecule has 1 amide bonds. The van der Waals surface area contributed by atoms with Crippen LogP contribution in [0, 0.1) is 0 Å². The number of amides is 1. The zero-order valence-corrected chi connectivity index (χ0v) is 16.1. The SMILES string of the molecule is COc1ccc(-n2nc(C(=O)N3CCOC[C@H]3C(=O)O)cc2-c2ccccn2)cn1. The third-order valence-electron chi connectivity index (χ3n) is 4.70. The Morgan fingerprint density at radius 2 is 2.10 bits per heavy atom. The number of aromatic nitrogens is 4. The maximum atomic E-state index is 13.1. The van der Waals surface area contributed by atoms with Crippen molar-refractivity contribution in [2.45, 2.75) is 6.04 Å². The van der Waals surface area contributed by atoms with Crippen LogP contribution < -0.4 is 4.74 Å². The van der Waals surface area contributed by atoms with E-state index in [9.17, 15) is 14.7 Å². The molecule has 1 aliphatic heterocycles. The Labute approximate surface area is 171 Å². The van der Waals surface area contributed by atoms with E-state index in [1.807, 2.05) is 6.07 Å². The monoisotopic (exact) mass is 409 g/mol. The van der Waals surface area contributed by atoms with Crippen LogP contribution in [0.25, 0.3) is 17.1 Å². The number of carboxylic acids is 1. The van der Waals surface area contributed by atoms with Crippen molar-refractivity contribution in [1.82, 2.24) is 24.6 Å². The molecule has 154 valence electrons. The van der Waals surface area contributed by atoms with Crippen LogP contribution in [-0.2, 0) is 9.53 Å². The molecule has 1 fully saturated rings. The average molecular weight is 409 g/mol. The minimum absolute atomic E-state index is 0.0583. The smallest absolute Gasteiger partial charge is 0.328 e. The minimum Gasteiger partial charge on any atom is -0.481 e. The van der Waals surface area contributed by atoms with Crippen molar-refractivity contribution >= 4 is 11.9 Å². The molecule has 1 atom stereocenters. The molecule has 3 aromatic rings. The lowest BCUT2D eigenvalue weighted by molar-refractivity contribution is -0.147. The second-order valence-corrected chi connectivity index (χ2v) is 6.53. The average Bonchev–Trinajstić information content (AvgIpc) is 3.24. The molecule has 0 bridgehead atoms. The molecule has 0 saturated carbocycles. The molecule has 4 heterocycles. The van der Waals surface area contributed by atoms with Crippen molar-refractivity contribution in [3.63, 3.8) is 0 Å². The second-order valence-electron chi connectivity index (χ2n) is 6.53. The van der Waals surface area contributed by atoms with E-state index in [0.717, 1.165) is 0 Å². The van der Waals surface area contributed by atoms with Crippen LogP contribution in [0.3, 0.4) is 0 Å². The van der Waals surface area contributed by atoms with E-state index in [0.29, 0.717) is 23.0 Å². The molecular weight excluding hydrogens is 390 g/mol. The number of nitrogens with zero attached hydrogens (tertiary/aromatic N) is 5. The number of methoxy groups -OCH3 is 1. The maximum Gasteiger partial charge on any atom is 0.328 e. The summed E-state index contributed by atoms with van der Waals surface area (Å²) in [6.07, 6.45) is 3.21. The highest BCUT2D eigenvalue weighted by molar-refractivity contribution is 5.96. The van der Waals surface area contributed by atoms with Gasteiger partial charge in [0, 0.05) is 18.8 Å². The lowest BCUT2D eigenvalue weighted by Crippen LogP contribution is -2.52. The third-order valence-corrected chi connectivity index (χ3v) is 4.70. The van der Waals surface area contributed by atoms with E-state index in [1.54, 1.807) is 47.4 Å². The fourth-order valence-corrected chi connectivity index (χ4v) is 3.20. The molecule has 0 spiro atoms. The first-order chi connectivity index (χ1) is 14.6. The van der Waals surface area contributed by atoms with Gasteiger partial charge in [0.1, 0.15) is 0 Å². The van der Waals surface area contributed by atoms with Gasteiger partial charge in [0.15, 0.2) is 11.7 Å². The predicted octanol–water partition coefficient (Wildman–Crippen LogP) is 1.26. The predicted molar refractivity (Wildman–Crippen MR) is 104 cm³/mol. The normalized spacial score (nSPS) is 16.3. The van der Waals surface area contributed by atoms with E-state index in [-0.39, 0.29) is 25.5 Å². The minimum atomic E-state index is -1.12. The number of pyridine rings is 2. The molecule has 4 rings (SSSR count). The number of morpholine rings is 1. The van der Waals surface area contributed by atoms with Crippen molar-refractivity contribution in [3.8, 4) is 23.0 Å². The highest BCUT2D eigenvalue weighted by Gasteiger charge is 2.34. The number of carboxylic acid groups (broad SMARTS) is 1. The molecule has 1 aliphatic rings. The Bertz CT molecular complexity index is 1050. The van der Waals surface area contributed by atoms with Gasteiger partial charge in [-0.3, -0.25) is 9.78 Å². The molecule has 0 unspecified atom stereocenters. The van der Waals surface area contributed by atoms with Gasteiger partial charge >= 0.3 is 5.97 Å². The molecular formula is C20H19N5O5. The van der Waals surface area contributed by atoms with Crippen LogP contribution in [-0.4, -0.2) is 74.5 Å². The highest BCUT2D eigenvalue weighted by atomic mass is 16.5.